The van der Waals surface area contributed by atoms with Crippen LogP contribution in [0.15, 0.2) is 45.3 Å². The number of halogens is 2. The number of ether oxygens (including phenoxy) is 1. The number of hydrogen-bond acceptors (Lipinski definition) is 3. The molecule has 0 saturated heterocycles. The lowest BCUT2D eigenvalue weighted by atomic mass is 10.0. The zero-order valence-electron chi connectivity index (χ0n) is 11.0. The first-order chi connectivity index (χ1) is 9.88. The van der Waals surface area contributed by atoms with Crippen LogP contribution in [0.1, 0.15) is 18.4 Å². The van der Waals surface area contributed by atoms with Gasteiger partial charge in [-0.2, -0.15) is 0 Å². The molecule has 0 aromatic heterocycles. The lowest BCUT2D eigenvalue weighted by Gasteiger charge is -2.14. The Balaban J connectivity index is 2.33. The second-order valence-corrected chi connectivity index (χ2v) is 6.18. The summed E-state index contributed by atoms with van der Waals surface area (Å²) in [5, 5.41) is 18.3. The van der Waals surface area contributed by atoms with E-state index in [1.807, 2.05) is 0 Å². The summed E-state index contributed by atoms with van der Waals surface area (Å²) in [5.74, 6) is -0.234. The number of carbonyl (C=O) groups is 1. The number of carboxylic acids is 1. The van der Waals surface area contributed by atoms with Gasteiger partial charge in [-0.25, -0.2) is 0 Å². The molecule has 0 spiro atoms. The van der Waals surface area contributed by atoms with Gasteiger partial charge < -0.3 is 14.9 Å². The van der Waals surface area contributed by atoms with E-state index in [-0.39, 0.29) is 5.75 Å². The van der Waals surface area contributed by atoms with E-state index in [0.29, 0.717) is 26.0 Å². The van der Waals surface area contributed by atoms with Crippen molar-refractivity contribution in [3.63, 3.8) is 0 Å². The molecule has 4 nitrogen and oxygen atoms in total. The Morgan fingerprint density at radius 1 is 1.14 bits per heavy atom. The minimum atomic E-state index is -0.888. The number of hydrogen-bond donors (Lipinski definition) is 2. The smallest absolute Gasteiger partial charge is 0.310 e. The molecular formula is C15H12Br2O4. The van der Waals surface area contributed by atoms with Gasteiger partial charge in [0.25, 0.3) is 0 Å². The summed E-state index contributed by atoms with van der Waals surface area (Å²) in [4.78, 5) is 11.0. The van der Waals surface area contributed by atoms with Crippen molar-refractivity contribution in [1.29, 1.82) is 0 Å². The monoisotopic (exact) mass is 414 g/mol. The van der Waals surface area contributed by atoms with Crippen molar-refractivity contribution in [2.45, 2.75) is 12.8 Å². The summed E-state index contributed by atoms with van der Waals surface area (Å²) in [7, 11) is 0. The largest absolute Gasteiger partial charge is 0.508 e. The third kappa shape index (κ3) is 3.77. The highest BCUT2D eigenvalue weighted by Crippen LogP contribution is 2.39. The molecule has 2 rings (SSSR count). The molecule has 2 aromatic rings. The van der Waals surface area contributed by atoms with Crippen LogP contribution in [0, 0.1) is 0 Å². The standard InChI is InChI=1S/C15H12Br2O4/c1-8(15(19)20)9-6-12(16)14(13(17)7-9)21-11-4-2-10(18)3-5-11/h2-8,18H,1H3,(H,19,20). The Hall–Kier alpha value is -1.53. The summed E-state index contributed by atoms with van der Waals surface area (Å²) in [6, 6.07) is 9.78. The molecule has 1 atom stereocenters. The highest BCUT2D eigenvalue weighted by Gasteiger charge is 2.18. The Labute approximate surface area is 138 Å². The third-order valence-corrected chi connectivity index (χ3v) is 4.13. The zero-order valence-corrected chi connectivity index (χ0v) is 14.2. The van der Waals surface area contributed by atoms with Gasteiger partial charge in [-0.1, -0.05) is 0 Å². The van der Waals surface area contributed by atoms with E-state index in [4.69, 9.17) is 9.84 Å². The molecular weight excluding hydrogens is 404 g/mol. The Morgan fingerprint density at radius 2 is 1.67 bits per heavy atom. The first-order valence-electron chi connectivity index (χ1n) is 6.07. The van der Waals surface area contributed by atoms with Crippen LogP contribution in [-0.2, 0) is 4.79 Å². The van der Waals surface area contributed by atoms with Crippen molar-refractivity contribution >= 4 is 37.8 Å². The molecule has 21 heavy (non-hydrogen) atoms. The fraction of sp³-hybridized carbons (Fsp3) is 0.133. The zero-order chi connectivity index (χ0) is 15.6. The summed E-state index contributed by atoms with van der Waals surface area (Å²) in [6.07, 6.45) is 0. The first-order valence-corrected chi connectivity index (χ1v) is 7.65. The van der Waals surface area contributed by atoms with Crippen LogP contribution in [0.2, 0.25) is 0 Å². The molecule has 0 aliphatic rings. The van der Waals surface area contributed by atoms with Crippen molar-refractivity contribution in [3.05, 3.63) is 50.9 Å². The average Bonchev–Trinajstić information content (AvgIpc) is 2.43. The van der Waals surface area contributed by atoms with Gasteiger partial charge in [0.05, 0.1) is 14.9 Å². The highest BCUT2D eigenvalue weighted by atomic mass is 79.9. The second-order valence-electron chi connectivity index (χ2n) is 4.47. The fourth-order valence-corrected chi connectivity index (χ4v) is 3.09. The van der Waals surface area contributed by atoms with Crippen LogP contribution in [-0.4, -0.2) is 16.2 Å². The first kappa shape index (κ1) is 15.9. The van der Waals surface area contributed by atoms with Gasteiger partial charge in [-0.15, -0.1) is 0 Å². The van der Waals surface area contributed by atoms with E-state index in [2.05, 4.69) is 31.9 Å². The Bertz CT molecular complexity index is 645. The Kier molecular flexibility index (Phi) is 4.90. The summed E-state index contributed by atoms with van der Waals surface area (Å²) < 4.78 is 7.03. The number of rotatable bonds is 4. The minimum Gasteiger partial charge on any atom is -0.508 e. The average molecular weight is 416 g/mol. The fourth-order valence-electron chi connectivity index (χ4n) is 1.70. The van der Waals surface area contributed by atoms with E-state index < -0.39 is 11.9 Å². The maximum atomic E-state index is 11.0. The van der Waals surface area contributed by atoms with E-state index in [9.17, 15) is 9.90 Å². The lowest BCUT2D eigenvalue weighted by molar-refractivity contribution is -0.138. The van der Waals surface area contributed by atoms with E-state index in [0.717, 1.165) is 0 Å². The normalized spacial score (nSPS) is 12.0. The van der Waals surface area contributed by atoms with Crippen molar-refractivity contribution in [2.75, 3.05) is 0 Å². The van der Waals surface area contributed by atoms with Crippen LogP contribution < -0.4 is 4.74 Å². The molecule has 1 unspecified atom stereocenters. The molecule has 0 amide bonds. The van der Waals surface area contributed by atoms with Crippen molar-refractivity contribution in [2.24, 2.45) is 0 Å². The minimum absolute atomic E-state index is 0.158. The number of aliphatic carboxylic acids is 1. The maximum absolute atomic E-state index is 11.0. The third-order valence-electron chi connectivity index (χ3n) is 2.95. The van der Waals surface area contributed by atoms with E-state index in [1.165, 1.54) is 12.1 Å². The van der Waals surface area contributed by atoms with Gasteiger partial charge >= 0.3 is 5.97 Å². The molecule has 0 fully saturated rings. The van der Waals surface area contributed by atoms with Gasteiger partial charge in [-0.05, 0) is 80.7 Å². The maximum Gasteiger partial charge on any atom is 0.310 e. The second kappa shape index (κ2) is 6.49. The van der Waals surface area contributed by atoms with Crippen LogP contribution in [0.5, 0.6) is 17.2 Å². The summed E-state index contributed by atoms with van der Waals surface area (Å²) in [5.41, 5.74) is 0.666. The SMILES string of the molecule is CC(C(=O)O)c1cc(Br)c(Oc2ccc(O)cc2)c(Br)c1. The molecule has 2 aromatic carbocycles. The molecule has 0 aliphatic heterocycles. The van der Waals surface area contributed by atoms with Crippen molar-refractivity contribution in [3.8, 4) is 17.2 Å². The molecule has 0 saturated carbocycles. The van der Waals surface area contributed by atoms with Crippen molar-refractivity contribution < 1.29 is 19.7 Å². The molecule has 0 radical (unpaired) electrons. The molecule has 110 valence electrons. The van der Waals surface area contributed by atoms with Crippen LogP contribution >= 0.6 is 31.9 Å². The van der Waals surface area contributed by atoms with Crippen LogP contribution in [0.3, 0.4) is 0 Å². The molecule has 0 heterocycles. The van der Waals surface area contributed by atoms with Crippen LogP contribution in [0.25, 0.3) is 0 Å². The molecule has 2 N–H and O–H groups in total. The Morgan fingerprint density at radius 3 is 2.14 bits per heavy atom. The number of aromatic hydroxyl groups is 1. The van der Waals surface area contributed by atoms with Crippen LogP contribution in [0.4, 0.5) is 0 Å². The van der Waals surface area contributed by atoms with Gasteiger partial charge in [0, 0.05) is 0 Å². The number of phenols is 1. The van der Waals surface area contributed by atoms with Gasteiger partial charge in [0.15, 0.2) is 5.75 Å². The van der Waals surface area contributed by atoms with E-state index in [1.54, 1.807) is 31.2 Å². The number of carboxylic acid groups (broad SMARTS) is 1. The lowest BCUT2D eigenvalue weighted by Crippen LogP contribution is -2.07. The molecule has 0 bridgehead atoms. The van der Waals surface area contributed by atoms with Gasteiger partial charge in [0.2, 0.25) is 0 Å². The van der Waals surface area contributed by atoms with Crippen molar-refractivity contribution in [1.82, 2.24) is 0 Å². The topological polar surface area (TPSA) is 66.8 Å². The summed E-state index contributed by atoms with van der Waals surface area (Å²) >= 11 is 6.78. The molecule has 0 aliphatic carbocycles. The number of phenolic OH excluding ortho intramolecular Hbond substituents is 1. The van der Waals surface area contributed by atoms with E-state index >= 15 is 0 Å². The van der Waals surface area contributed by atoms with Gasteiger partial charge in [0.1, 0.15) is 11.5 Å². The quantitative estimate of drug-likeness (QED) is 0.745. The number of benzene rings is 2. The molecule has 6 heteroatoms. The predicted octanol–water partition coefficient (Wildman–Crippen LogP) is 4.90. The summed E-state index contributed by atoms with van der Waals surface area (Å²) in [6.45, 7) is 1.62. The van der Waals surface area contributed by atoms with Gasteiger partial charge in [-0.3, -0.25) is 4.79 Å². The highest BCUT2D eigenvalue weighted by molar-refractivity contribution is 9.11. The predicted molar refractivity (Wildman–Crippen MR) is 86.1 cm³/mol.